The molecule has 0 atom stereocenters. The Balaban J connectivity index is 0.00000264. The Hall–Kier alpha value is -1.63. The van der Waals surface area contributed by atoms with Gasteiger partial charge in [-0.05, 0) is 5.56 Å². The van der Waals surface area contributed by atoms with Crippen LogP contribution in [0.3, 0.4) is 0 Å². The molecule has 1 heterocycles. The van der Waals surface area contributed by atoms with E-state index in [1.54, 1.807) is 0 Å². The number of amides is 2. The zero-order valence-electron chi connectivity index (χ0n) is 13.2. The molecule has 2 amide bonds. The number of carbonyl (C=O) groups excluding carboxylic acids is 2. The van der Waals surface area contributed by atoms with Crippen molar-refractivity contribution in [2.24, 2.45) is 5.73 Å². The van der Waals surface area contributed by atoms with E-state index in [1.807, 2.05) is 40.1 Å². The lowest BCUT2D eigenvalue weighted by Gasteiger charge is -2.28. The van der Waals surface area contributed by atoms with E-state index in [0.29, 0.717) is 19.5 Å². The number of piperazine rings is 1. The molecule has 1 saturated heterocycles. The Morgan fingerprint density at radius 3 is 2.43 bits per heavy atom. The lowest BCUT2D eigenvalue weighted by atomic mass is 10.2. The summed E-state index contributed by atoms with van der Waals surface area (Å²) >= 11 is 0. The van der Waals surface area contributed by atoms with E-state index in [-0.39, 0.29) is 30.8 Å². The van der Waals surface area contributed by atoms with Crippen molar-refractivity contribution in [3.63, 3.8) is 0 Å². The topological polar surface area (TPSA) is 78.7 Å². The Kier molecular flexibility index (Phi) is 8.61. The predicted octanol–water partition coefficient (Wildman–Crippen LogP) is 0.218. The molecule has 1 aliphatic heterocycles. The van der Waals surface area contributed by atoms with Gasteiger partial charge in [0, 0.05) is 45.7 Å². The average molecular weight is 341 g/mol. The molecule has 1 aliphatic rings. The van der Waals surface area contributed by atoms with E-state index in [0.717, 1.165) is 31.7 Å². The zero-order valence-corrected chi connectivity index (χ0v) is 14.1. The molecule has 6 nitrogen and oxygen atoms in total. The molecule has 1 aromatic rings. The molecule has 1 aromatic carbocycles. The van der Waals surface area contributed by atoms with Gasteiger partial charge in [0.25, 0.3) is 0 Å². The molecule has 2 rings (SSSR count). The number of nitrogens with zero attached hydrogens (tertiary/aromatic N) is 2. The molecule has 7 heteroatoms. The van der Waals surface area contributed by atoms with Gasteiger partial charge in [-0.2, -0.15) is 0 Å². The molecule has 128 valence electrons. The maximum absolute atomic E-state index is 12.2. The summed E-state index contributed by atoms with van der Waals surface area (Å²) < 4.78 is 0. The number of hydrogen-bond donors (Lipinski definition) is 2. The van der Waals surface area contributed by atoms with E-state index < -0.39 is 0 Å². The minimum atomic E-state index is -0.370. The van der Waals surface area contributed by atoms with Gasteiger partial charge in [0.05, 0.1) is 6.54 Å². The molecule has 0 saturated carbocycles. The first kappa shape index (κ1) is 19.4. The van der Waals surface area contributed by atoms with Crippen LogP contribution in [-0.2, 0) is 16.1 Å². The second-order valence-electron chi connectivity index (χ2n) is 5.54. The van der Waals surface area contributed by atoms with Gasteiger partial charge in [-0.25, -0.2) is 0 Å². The maximum atomic E-state index is 12.2. The van der Waals surface area contributed by atoms with Crippen LogP contribution in [-0.4, -0.2) is 60.9 Å². The molecule has 0 radical (unpaired) electrons. The van der Waals surface area contributed by atoms with E-state index in [1.165, 1.54) is 0 Å². The molecular formula is C16H25ClN4O2. The van der Waals surface area contributed by atoms with Crippen molar-refractivity contribution in [3.8, 4) is 0 Å². The zero-order chi connectivity index (χ0) is 15.8. The van der Waals surface area contributed by atoms with E-state index in [2.05, 4.69) is 5.32 Å². The SMILES string of the molecule is Cl.NC(=O)CN(CCC(=O)N1CCNCC1)Cc1ccccc1. The molecule has 0 unspecified atom stereocenters. The predicted molar refractivity (Wildman–Crippen MR) is 92.2 cm³/mol. The number of benzene rings is 1. The second-order valence-corrected chi connectivity index (χ2v) is 5.54. The number of rotatable bonds is 7. The van der Waals surface area contributed by atoms with Crippen molar-refractivity contribution in [1.82, 2.24) is 15.1 Å². The van der Waals surface area contributed by atoms with Crippen molar-refractivity contribution in [1.29, 1.82) is 0 Å². The average Bonchev–Trinajstić information content (AvgIpc) is 2.53. The first-order chi connectivity index (χ1) is 10.6. The molecule has 0 spiro atoms. The van der Waals surface area contributed by atoms with Crippen molar-refractivity contribution in [2.45, 2.75) is 13.0 Å². The van der Waals surface area contributed by atoms with Gasteiger partial charge in [0.15, 0.2) is 0 Å². The Morgan fingerprint density at radius 2 is 1.83 bits per heavy atom. The van der Waals surface area contributed by atoms with Crippen molar-refractivity contribution in [3.05, 3.63) is 35.9 Å². The lowest BCUT2D eigenvalue weighted by Crippen LogP contribution is -2.47. The standard InChI is InChI=1S/C16H24N4O2.ClH/c17-15(21)13-19(12-14-4-2-1-3-5-14)9-6-16(22)20-10-7-18-8-11-20;/h1-5,18H,6-13H2,(H2,17,21);1H. The number of carbonyl (C=O) groups is 2. The first-order valence-electron chi connectivity index (χ1n) is 7.68. The van der Waals surface area contributed by atoms with Gasteiger partial charge in [0.2, 0.25) is 11.8 Å². The molecule has 3 N–H and O–H groups in total. The van der Waals surface area contributed by atoms with Gasteiger partial charge in [0.1, 0.15) is 0 Å². The van der Waals surface area contributed by atoms with E-state index in [9.17, 15) is 9.59 Å². The fourth-order valence-corrected chi connectivity index (χ4v) is 2.60. The van der Waals surface area contributed by atoms with Crippen LogP contribution in [0.1, 0.15) is 12.0 Å². The highest BCUT2D eigenvalue weighted by atomic mass is 35.5. The summed E-state index contributed by atoms with van der Waals surface area (Å²) in [5, 5.41) is 3.23. The largest absolute Gasteiger partial charge is 0.369 e. The number of primary amides is 1. The molecular weight excluding hydrogens is 316 g/mol. The highest BCUT2D eigenvalue weighted by Crippen LogP contribution is 2.06. The third kappa shape index (κ3) is 6.99. The monoisotopic (exact) mass is 340 g/mol. The van der Waals surface area contributed by atoms with Crippen molar-refractivity contribution >= 4 is 24.2 Å². The molecule has 0 bridgehead atoms. The minimum absolute atomic E-state index is 0. The van der Waals surface area contributed by atoms with E-state index >= 15 is 0 Å². The number of halogens is 1. The number of nitrogens with one attached hydrogen (secondary N) is 1. The van der Waals surface area contributed by atoms with Crippen LogP contribution in [0.5, 0.6) is 0 Å². The summed E-state index contributed by atoms with van der Waals surface area (Å²) in [7, 11) is 0. The lowest BCUT2D eigenvalue weighted by molar-refractivity contribution is -0.132. The third-order valence-corrected chi connectivity index (χ3v) is 3.74. The van der Waals surface area contributed by atoms with Crippen molar-refractivity contribution < 1.29 is 9.59 Å². The summed E-state index contributed by atoms with van der Waals surface area (Å²) in [6.45, 7) is 4.55. The summed E-state index contributed by atoms with van der Waals surface area (Å²) in [5.41, 5.74) is 6.42. The Morgan fingerprint density at radius 1 is 1.17 bits per heavy atom. The van der Waals surface area contributed by atoms with Crippen molar-refractivity contribution in [2.75, 3.05) is 39.3 Å². The van der Waals surface area contributed by atoms with Gasteiger partial charge in [-0.1, -0.05) is 30.3 Å². The van der Waals surface area contributed by atoms with Gasteiger partial charge in [-0.15, -0.1) is 12.4 Å². The maximum Gasteiger partial charge on any atom is 0.231 e. The Labute approximate surface area is 143 Å². The van der Waals surface area contributed by atoms with Gasteiger partial charge in [-0.3, -0.25) is 14.5 Å². The smallest absolute Gasteiger partial charge is 0.231 e. The first-order valence-corrected chi connectivity index (χ1v) is 7.68. The highest BCUT2D eigenvalue weighted by molar-refractivity contribution is 5.85. The van der Waals surface area contributed by atoms with Gasteiger partial charge >= 0.3 is 0 Å². The fourth-order valence-electron chi connectivity index (χ4n) is 2.60. The molecule has 23 heavy (non-hydrogen) atoms. The minimum Gasteiger partial charge on any atom is -0.369 e. The number of hydrogen-bond acceptors (Lipinski definition) is 4. The summed E-state index contributed by atoms with van der Waals surface area (Å²) in [5.74, 6) is -0.227. The quantitative estimate of drug-likeness (QED) is 0.744. The molecule has 1 fully saturated rings. The summed E-state index contributed by atoms with van der Waals surface area (Å²) in [6.07, 6.45) is 0.417. The van der Waals surface area contributed by atoms with Crippen LogP contribution >= 0.6 is 12.4 Å². The van der Waals surface area contributed by atoms with Crippen LogP contribution in [0.25, 0.3) is 0 Å². The molecule has 0 aromatic heterocycles. The third-order valence-electron chi connectivity index (χ3n) is 3.74. The highest BCUT2D eigenvalue weighted by Gasteiger charge is 2.18. The van der Waals surface area contributed by atoms with Crippen LogP contribution in [0.2, 0.25) is 0 Å². The van der Waals surface area contributed by atoms with Crippen LogP contribution in [0.15, 0.2) is 30.3 Å². The van der Waals surface area contributed by atoms with E-state index in [4.69, 9.17) is 5.73 Å². The summed E-state index contributed by atoms with van der Waals surface area (Å²) in [6, 6.07) is 9.89. The fraction of sp³-hybridized carbons (Fsp3) is 0.500. The van der Waals surface area contributed by atoms with Crippen LogP contribution in [0.4, 0.5) is 0 Å². The van der Waals surface area contributed by atoms with Crippen LogP contribution in [0, 0.1) is 0 Å². The van der Waals surface area contributed by atoms with Crippen LogP contribution < -0.4 is 11.1 Å². The normalized spacial score (nSPS) is 14.4. The Bertz CT molecular complexity index is 492. The van der Waals surface area contributed by atoms with Gasteiger partial charge < -0.3 is 16.0 Å². The summed E-state index contributed by atoms with van der Waals surface area (Å²) in [4.78, 5) is 27.2. The number of nitrogens with two attached hydrogens (primary N) is 1. The second kappa shape index (κ2) is 10.2. The molecule has 0 aliphatic carbocycles.